The number of aromatic nitrogens is 3. The standard InChI is InChI=1S/C18H20F2N4O3S/c1-18(2,3)28(25,26)14-9-24-12(8-22-15(24)6-13(14)27-4)10-5-11(16(19)20)17(21)23-7-10/h5-9,16H,1-4H3,(H2,21,23). The molecule has 0 aliphatic carbocycles. The number of hydrogen-bond acceptors (Lipinski definition) is 6. The molecule has 0 amide bonds. The molecule has 3 aromatic heterocycles. The molecule has 7 nitrogen and oxygen atoms in total. The number of pyridine rings is 2. The fourth-order valence-corrected chi connectivity index (χ4v) is 4.01. The van der Waals surface area contributed by atoms with Gasteiger partial charge in [0.2, 0.25) is 0 Å². The summed E-state index contributed by atoms with van der Waals surface area (Å²) in [7, 11) is -2.37. The number of ether oxygens (including phenoxy) is 1. The fraction of sp³-hybridized carbons (Fsp3) is 0.333. The first-order chi connectivity index (χ1) is 13.0. The van der Waals surface area contributed by atoms with Crippen LogP contribution in [0.1, 0.15) is 32.8 Å². The third-order valence-corrected chi connectivity index (χ3v) is 6.87. The summed E-state index contributed by atoms with van der Waals surface area (Å²) in [5.74, 6) is -0.103. The van der Waals surface area contributed by atoms with Crippen LogP contribution in [0.2, 0.25) is 0 Å². The molecular weight excluding hydrogens is 390 g/mol. The molecule has 0 radical (unpaired) electrons. The molecule has 28 heavy (non-hydrogen) atoms. The van der Waals surface area contributed by atoms with E-state index in [9.17, 15) is 17.2 Å². The lowest BCUT2D eigenvalue weighted by Gasteiger charge is -2.21. The van der Waals surface area contributed by atoms with Crippen molar-refractivity contribution in [1.29, 1.82) is 0 Å². The van der Waals surface area contributed by atoms with E-state index < -0.39 is 26.6 Å². The van der Waals surface area contributed by atoms with Crippen molar-refractivity contribution in [2.45, 2.75) is 36.8 Å². The lowest BCUT2D eigenvalue weighted by molar-refractivity contribution is 0.152. The summed E-state index contributed by atoms with van der Waals surface area (Å²) in [6.07, 6.45) is 1.39. The monoisotopic (exact) mass is 410 g/mol. The minimum absolute atomic E-state index is 0.0215. The van der Waals surface area contributed by atoms with E-state index in [2.05, 4.69) is 9.97 Å². The molecule has 0 unspecified atom stereocenters. The SMILES string of the molecule is COc1cc2ncc(-c3cnc(N)c(C(F)F)c3)n2cc1S(=O)(=O)C(C)(C)C. The van der Waals surface area contributed by atoms with E-state index in [4.69, 9.17) is 10.5 Å². The van der Waals surface area contributed by atoms with E-state index in [-0.39, 0.29) is 16.5 Å². The van der Waals surface area contributed by atoms with Gasteiger partial charge in [0.05, 0.1) is 29.3 Å². The van der Waals surface area contributed by atoms with Gasteiger partial charge in [0.1, 0.15) is 22.1 Å². The van der Waals surface area contributed by atoms with Crippen LogP contribution in [0.3, 0.4) is 0 Å². The summed E-state index contributed by atoms with van der Waals surface area (Å²) in [6.45, 7) is 4.75. The molecule has 0 aliphatic heterocycles. The molecule has 0 aromatic carbocycles. The van der Waals surface area contributed by atoms with Gasteiger partial charge in [-0.05, 0) is 26.8 Å². The minimum atomic E-state index is -3.75. The first-order valence-electron chi connectivity index (χ1n) is 8.31. The number of imidazole rings is 1. The zero-order chi connectivity index (χ0) is 20.9. The topological polar surface area (TPSA) is 99.6 Å². The van der Waals surface area contributed by atoms with Gasteiger partial charge in [-0.3, -0.25) is 4.40 Å². The Morgan fingerprint density at radius 2 is 1.86 bits per heavy atom. The first-order valence-corrected chi connectivity index (χ1v) is 9.79. The number of nitrogens with two attached hydrogens (primary N) is 1. The Labute approximate surface area is 161 Å². The molecule has 3 heterocycles. The number of methoxy groups -OCH3 is 1. The maximum atomic E-state index is 13.2. The van der Waals surface area contributed by atoms with E-state index in [1.54, 1.807) is 20.8 Å². The van der Waals surface area contributed by atoms with E-state index in [1.807, 2.05) is 0 Å². The van der Waals surface area contributed by atoms with Gasteiger partial charge in [0, 0.05) is 24.0 Å². The number of nitrogen functional groups attached to an aromatic ring is 1. The van der Waals surface area contributed by atoms with Crippen LogP contribution in [0.25, 0.3) is 16.9 Å². The molecule has 3 rings (SSSR count). The highest BCUT2D eigenvalue weighted by Crippen LogP contribution is 2.35. The summed E-state index contributed by atoms with van der Waals surface area (Å²) in [5, 5.41) is 0. The predicted molar refractivity (Wildman–Crippen MR) is 101 cm³/mol. The second-order valence-electron chi connectivity index (χ2n) is 7.19. The van der Waals surface area contributed by atoms with Crippen molar-refractivity contribution < 1.29 is 21.9 Å². The van der Waals surface area contributed by atoms with E-state index in [0.29, 0.717) is 16.9 Å². The number of fused-ring (bicyclic) bond motifs is 1. The number of alkyl halides is 2. The summed E-state index contributed by atoms with van der Waals surface area (Å²) >= 11 is 0. The third-order valence-electron chi connectivity index (χ3n) is 4.37. The molecule has 150 valence electrons. The lowest BCUT2D eigenvalue weighted by atomic mass is 10.1. The molecule has 0 bridgehead atoms. The van der Waals surface area contributed by atoms with Gasteiger partial charge in [-0.2, -0.15) is 0 Å². The van der Waals surface area contributed by atoms with Gasteiger partial charge >= 0.3 is 0 Å². The first kappa shape index (κ1) is 20.0. The van der Waals surface area contributed by atoms with Gasteiger partial charge in [0.15, 0.2) is 9.84 Å². The second-order valence-corrected chi connectivity index (χ2v) is 9.86. The summed E-state index contributed by atoms with van der Waals surface area (Å²) in [6, 6.07) is 2.71. The average molecular weight is 410 g/mol. The fourth-order valence-electron chi connectivity index (χ4n) is 2.70. The van der Waals surface area contributed by atoms with Crippen molar-refractivity contribution in [2.75, 3.05) is 12.8 Å². The molecule has 0 spiro atoms. The van der Waals surface area contributed by atoms with Crippen molar-refractivity contribution in [3.05, 3.63) is 36.3 Å². The average Bonchev–Trinajstić information content (AvgIpc) is 3.02. The smallest absolute Gasteiger partial charge is 0.267 e. The molecule has 0 saturated heterocycles. The predicted octanol–water partition coefficient (Wildman–Crippen LogP) is 3.50. The van der Waals surface area contributed by atoms with Crippen molar-refractivity contribution in [2.24, 2.45) is 0 Å². The zero-order valence-electron chi connectivity index (χ0n) is 15.8. The number of rotatable bonds is 4. The Kier molecular flexibility index (Phi) is 4.78. The quantitative estimate of drug-likeness (QED) is 0.707. The number of hydrogen-bond donors (Lipinski definition) is 1. The second kappa shape index (κ2) is 6.69. The number of sulfone groups is 1. The number of anilines is 1. The Morgan fingerprint density at radius 1 is 1.18 bits per heavy atom. The van der Waals surface area contributed by atoms with Gasteiger partial charge in [0.25, 0.3) is 6.43 Å². The third kappa shape index (κ3) is 3.17. The van der Waals surface area contributed by atoms with Crippen molar-refractivity contribution >= 4 is 21.3 Å². The van der Waals surface area contributed by atoms with Gasteiger partial charge in [-0.1, -0.05) is 0 Å². The molecule has 0 fully saturated rings. The van der Waals surface area contributed by atoms with Crippen LogP contribution in [0.5, 0.6) is 5.75 Å². The van der Waals surface area contributed by atoms with Gasteiger partial charge < -0.3 is 10.5 Å². The van der Waals surface area contributed by atoms with Crippen LogP contribution in [-0.2, 0) is 9.84 Å². The van der Waals surface area contributed by atoms with E-state index in [1.165, 1.54) is 42.2 Å². The molecule has 0 saturated carbocycles. The highest BCUT2D eigenvalue weighted by atomic mass is 32.2. The number of halogens is 2. The zero-order valence-corrected chi connectivity index (χ0v) is 16.6. The van der Waals surface area contributed by atoms with Crippen LogP contribution in [0.4, 0.5) is 14.6 Å². The largest absolute Gasteiger partial charge is 0.495 e. The number of nitrogens with zero attached hydrogens (tertiary/aromatic N) is 3. The Morgan fingerprint density at radius 3 is 2.43 bits per heavy atom. The molecule has 10 heteroatoms. The van der Waals surface area contributed by atoms with E-state index >= 15 is 0 Å². The van der Waals surface area contributed by atoms with Crippen LogP contribution in [0.15, 0.2) is 35.6 Å². The van der Waals surface area contributed by atoms with E-state index in [0.717, 1.165) is 0 Å². The van der Waals surface area contributed by atoms with Crippen molar-refractivity contribution in [3.8, 4) is 17.0 Å². The molecule has 2 N–H and O–H groups in total. The van der Waals surface area contributed by atoms with Crippen molar-refractivity contribution in [1.82, 2.24) is 14.4 Å². The lowest BCUT2D eigenvalue weighted by Crippen LogP contribution is -2.28. The normalized spacial score (nSPS) is 12.7. The Hall–Kier alpha value is -2.75. The molecule has 0 atom stereocenters. The highest BCUT2D eigenvalue weighted by Gasteiger charge is 2.34. The minimum Gasteiger partial charge on any atom is -0.495 e. The summed E-state index contributed by atoms with van der Waals surface area (Å²) < 4.78 is 58.0. The maximum Gasteiger partial charge on any atom is 0.267 e. The highest BCUT2D eigenvalue weighted by molar-refractivity contribution is 7.92. The van der Waals surface area contributed by atoms with Crippen LogP contribution < -0.4 is 10.5 Å². The molecular formula is C18H20F2N4O3S. The van der Waals surface area contributed by atoms with Crippen LogP contribution >= 0.6 is 0 Å². The van der Waals surface area contributed by atoms with Crippen LogP contribution in [0, 0.1) is 0 Å². The van der Waals surface area contributed by atoms with Gasteiger partial charge in [-0.15, -0.1) is 0 Å². The van der Waals surface area contributed by atoms with Crippen molar-refractivity contribution in [3.63, 3.8) is 0 Å². The summed E-state index contributed by atoms with van der Waals surface area (Å²) in [5.41, 5.74) is 6.25. The molecule has 0 aliphatic rings. The maximum absolute atomic E-state index is 13.2. The van der Waals surface area contributed by atoms with Crippen LogP contribution in [-0.4, -0.2) is 34.6 Å². The Bertz CT molecular complexity index is 1150. The Balaban J connectivity index is 2.29. The van der Waals surface area contributed by atoms with Gasteiger partial charge in [-0.25, -0.2) is 27.2 Å². The summed E-state index contributed by atoms with van der Waals surface area (Å²) in [4.78, 5) is 8.03. The molecule has 3 aromatic rings.